The summed E-state index contributed by atoms with van der Waals surface area (Å²) in [7, 11) is -3.34. The zero-order chi connectivity index (χ0) is 18.2. The number of benzene rings is 1. The van der Waals surface area contributed by atoms with Gasteiger partial charge in [-0.3, -0.25) is 9.10 Å². The summed E-state index contributed by atoms with van der Waals surface area (Å²) >= 11 is 0. The lowest BCUT2D eigenvalue weighted by molar-refractivity contribution is -0.129. The Bertz CT molecular complexity index is 801. The van der Waals surface area contributed by atoms with Crippen molar-refractivity contribution in [3.8, 4) is 0 Å². The van der Waals surface area contributed by atoms with Crippen LogP contribution < -0.4 is 9.62 Å². The molecule has 25 heavy (non-hydrogen) atoms. The van der Waals surface area contributed by atoms with Crippen molar-refractivity contribution >= 4 is 27.6 Å². The van der Waals surface area contributed by atoms with Gasteiger partial charge in [-0.15, -0.1) is 0 Å². The fourth-order valence-corrected chi connectivity index (χ4v) is 3.86. The minimum atomic E-state index is -3.34. The van der Waals surface area contributed by atoms with Crippen LogP contribution in [-0.2, 0) is 26.0 Å². The van der Waals surface area contributed by atoms with Gasteiger partial charge in [0.05, 0.1) is 17.5 Å². The highest BCUT2D eigenvalue weighted by atomic mass is 32.2. The topological polar surface area (TPSA) is 92.8 Å². The molecule has 136 valence electrons. The number of esters is 1. The predicted molar refractivity (Wildman–Crippen MR) is 93.0 cm³/mol. The van der Waals surface area contributed by atoms with Crippen molar-refractivity contribution in [2.24, 2.45) is 0 Å². The molecule has 3 rings (SSSR count). The Kier molecular flexibility index (Phi) is 4.73. The normalized spacial score (nSPS) is 18.2. The zero-order valence-corrected chi connectivity index (χ0v) is 15.1. The minimum Gasteiger partial charge on any atom is -0.449 e. The van der Waals surface area contributed by atoms with Crippen LogP contribution in [0.3, 0.4) is 0 Å². The highest BCUT2D eigenvalue weighted by molar-refractivity contribution is 7.92. The van der Waals surface area contributed by atoms with Crippen LogP contribution in [0.1, 0.15) is 42.1 Å². The number of anilines is 1. The average Bonchev–Trinajstić information content (AvgIpc) is 3.36. The second-order valence-electron chi connectivity index (χ2n) is 6.61. The second-order valence-corrected chi connectivity index (χ2v) is 8.52. The maximum absolute atomic E-state index is 12.3. The fraction of sp³-hybridized carbons (Fsp3) is 0.529. The van der Waals surface area contributed by atoms with Crippen LogP contribution in [0.4, 0.5) is 5.69 Å². The molecule has 8 heteroatoms. The van der Waals surface area contributed by atoms with Gasteiger partial charge in [0.25, 0.3) is 5.91 Å². The van der Waals surface area contributed by atoms with Crippen LogP contribution >= 0.6 is 0 Å². The third-order valence-corrected chi connectivity index (χ3v) is 5.55. The molecule has 1 amide bonds. The van der Waals surface area contributed by atoms with Gasteiger partial charge in [-0.2, -0.15) is 0 Å². The summed E-state index contributed by atoms with van der Waals surface area (Å²) in [6, 6.07) is 5.02. The summed E-state index contributed by atoms with van der Waals surface area (Å²) in [4.78, 5) is 24.2. The maximum Gasteiger partial charge on any atom is 0.338 e. The number of amides is 1. The van der Waals surface area contributed by atoms with Crippen molar-refractivity contribution in [2.45, 2.75) is 44.8 Å². The number of aryl methyl sites for hydroxylation is 1. The lowest BCUT2D eigenvalue weighted by atomic mass is 10.0. The largest absolute Gasteiger partial charge is 0.449 e. The van der Waals surface area contributed by atoms with Crippen molar-refractivity contribution in [3.63, 3.8) is 0 Å². The van der Waals surface area contributed by atoms with E-state index in [1.807, 2.05) is 0 Å². The average molecular weight is 366 g/mol. The van der Waals surface area contributed by atoms with Crippen molar-refractivity contribution in [3.05, 3.63) is 29.3 Å². The number of fused-ring (bicyclic) bond motifs is 1. The number of hydrogen-bond acceptors (Lipinski definition) is 5. The van der Waals surface area contributed by atoms with E-state index in [1.165, 1.54) is 16.6 Å². The standard InChI is InChI=1S/C17H22N2O5S/c1-11(16(20)18-14-6-7-14)24-17(21)13-5-8-15-12(10-13)4-3-9-19(15)25(2,22)23/h5,8,10-11,14H,3-4,6-7,9H2,1-2H3,(H,18,20)/t11-/m0/s1. The summed E-state index contributed by atoms with van der Waals surface area (Å²) in [5, 5.41) is 2.79. The first kappa shape index (κ1) is 17.7. The van der Waals surface area contributed by atoms with Crippen molar-refractivity contribution < 1.29 is 22.7 Å². The molecule has 1 aliphatic carbocycles. The highest BCUT2D eigenvalue weighted by Gasteiger charge is 2.28. The summed E-state index contributed by atoms with van der Waals surface area (Å²) < 4.78 is 30.3. The number of nitrogens with zero attached hydrogens (tertiary/aromatic N) is 1. The molecule has 0 saturated heterocycles. The molecule has 1 fully saturated rings. The van der Waals surface area contributed by atoms with E-state index in [1.54, 1.807) is 19.1 Å². The molecule has 0 unspecified atom stereocenters. The Morgan fingerprint density at radius 3 is 2.68 bits per heavy atom. The van der Waals surface area contributed by atoms with Crippen molar-refractivity contribution in [1.29, 1.82) is 0 Å². The van der Waals surface area contributed by atoms with Gasteiger partial charge in [-0.05, 0) is 56.4 Å². The molecule has 0 spiro atoms. The Balaban J connectivity index is 1.72. The first-order valence-electron chi connectivity index (χ1n) is 8.37. The molecule has 0 aromatic heterocycles. The molecular weight excluding hydrogens is 344 g/mol. The molecular formula is C17H22N2O5S. The number of rotatable bonds is 5. The minimum absolute atomic E-state index is 0.208. The van der Waals surface area contributed by atoms with Gasteiger partial charge in [0.15, 0.2) is 6.10 Å². The van der Waals surface area contributed by atoms with E-state index in [4.69, 9.17) is 4.74 Å². The Morgan fingerprint density at radius 2 is 2.04 bits per heavy atom. The van der Waals surface area contributed by atoms with Gasteiger partial charge >= 0.3 is 5.97 Å². The van der Waals surface area contributed by atoms with E-state index >= 15 is 0 Å². The van der Waals surface area contributed by atoms with Crippen LogP contribution in [0.5, 0.6) is 0 Å². The van der Waals surface area contributed by atoms with Crippen molar-refractivity contribution in [1.82, 2.24) is 5.32 Å². The summed E-state index contributed by atoms with van der Waals surface area (Å²) in [5.41, 5.74) is 1.71. The van der Waals surface area contributed by atoms with E-state index in [9.17, 15) is 18.0 Å². The summed E-state index contributed by atoms with van der Waals surface area (Å²) in [6.45, 7) is 1.98. The van der Waals surface area contributed by atoms with E-state index in [2.05, 4.69) is 5.32 Å². The van der Waals surface area contributed by atoms with E-state index in [0.717, 1.165) is 18.4 Å². The quantitative estimate of drug-likeness (QED) is 0.791. The molecule has 0 bridgehead atoms. The summed E-state index contributed by atoms with van der Waals surface area (Å²) in [6.07, 6.45) is 3.63. The Morgan fingerprint density at radius 1 is 1.32 bits per heavy atom. The monoisotopic (exact) mass is 366 g/mol. The molecule has 1 N–H and O–H groups in total. The lowest BCUT2D eigenvalue weighted by Crippen LogP contribution is -2.37. The molecule has 1 atom stereocenters. The molecule has 1 heterocycles. The van der Waals surface area contributed by atoms with Gasteiger partial charge in [-0.1, -0.05) is 0 Å². The number of carbonyl (C=O) groups is 2. The van der Waals surface area contributed by atoms with Gasteiger partial charge in [-0.25, -0.2) is 13.2 Å². The molecule has 0 radical (unpaired) electrons. The van der Waals surface area contributed by atoms with E-state index < -0.39 is 22.1 Å². The first-order chi connectivity index (χ1) is 11.8. The van der Waals surface area contributed by atoms with Crippen LogP contribution in [0.2, 0.25) is 0 Å². The SMILES string of the molecule is C[C@H](OC(=O)c1ccc2c(c1)CCCN2S(C)(=O)=O)C(=O)NC1CC1. The van der Waals surface area contributed by atoms with Crippen LogP contribution in [0, 0.1) is 0 Å². The first-order valence-corrected chi connectivity index (χ1v) is 10.2. The van der Waals surface area contributed by atoms with Crippen LogP contribution in [0.15, 0.2) is 18.2 Å². The molecule has 2 aliphatic rings. The smallest absolute Gasteiger partial charge is 0.338 e. The maximum atomic E-state index is 12.3. The molecule has 1 aromatic rings. The number of hydrogen-bond donors (Lipinski definition) is 1. The third-order valence-electron chi connectivity index (χ3n) is 4.37. The highest BCUT2D eigenvalue weighted by Crippen LogP contribution is 2.30. The number of ether oxygens (including phenoxy) is 1. The fourth-order valence-electron chi connectivity index (χ4n) is 2.86. The predicted octanol–water partition coefficient (Wildman–Crippen LogP) is 1.22. The third kappa shape index (κ3) is 4.12. The second kappa shape index (κ2) is 6.67. The lowest BCUT2D eigenvalue weighted by Gasteiger charge is -2.29. The molecule has 1 aliphatic heterocycles. The molecule has 7 nitrogen and oxygen atoms in total. The Hall–Kier alpha value is -2.09. The number of carbonyl (C=O) groups excluding carboxylic acids is 2. The zero-order valence-electron chi connectivity index (χ0n) is 14.3. The van der Waals surface area contributed by atoms with Crippen LogP contribution in [0.25, 0.3) is 0 Å². The molecule has 1 aromatic carbocycles. The van der Waals surface area contributed by atoms with E-state index in [0.29, 0.717) is 30.6 Å². The van der Waals surface area contributed by atoms with Crippen LogP contribution in [-0.4, -0.2) is 45.2 Å². The van der Waals surface area contributed by atoms with Gasteiger partial charge in [0.1, 0.15) is 0 Å². The number of sulfonamides is 1. The summed E-state index contributed by atoms with van der Waals surface area (Å²) in [5.74, 6) is -0.880. The Labute approximate surface area is 147 Å². The van der Waals surface area contributed by atoms with Gasteiger partial charge in [0, 0.05) is 12.6 Å². The van der Waals surface area contributed by atoms with Crippen molar-refractivity contribution in [2.75, 3.05) is 17.1 Å². The van der Waals surface area contributed by atoms with Gasteiger partial charge in [0.2, 0.25) is 10.0 Å². The molecule has 1 saturated carbocycles. The van der Waals surface area contributed by atoms with E-state index in [-0.39, 0.29) is 11.9 Å². The number of nitrogens with one attached hydrogen (secondary N) is 1. The van der Waals surface area contributed by atoms with Gasteiger partial charge < -0.3 is 10.1 Å².